The molecular formula is C15H22N2O. The van der Waals surface area contributed by atoms with Gasteiger partial charge in [0.15, 0.2) is 0 Å². The minimum Gasteiger partial charge on any atom is -0.399 e. The molecule has 3 nitrogen and oxygen atoms in total. The van der Waals surface area contributed by atoms with Gasteiger partial charge in [0, 0.05) is 23.8 Å². The summed E-state index contributed by atoms with van der Waals surface area (Å²) in [6.45, 7) is 5.01. The van der Waals surface area contributed by atoms with Crippen LogP contribution in [0.2, 0.25) is 0 Å². The number of hydrogen-bond acceptors (Lipinski definition) is 2. The lowest BCUT2D eigenvalue weighted by atomic mass is 9.97. The Morgan fingerprint density at radius 2 is 2.22 bits per heavy atom. The van der Waals surface area contributed by atoms with Gasteiger partial charge in [0.2, 0.25) is 0 Å². The quantitative estimate of drug-likeness (QED) is 0.815. The van der Waals surface area contributed by atoms with Crippen molar-refractivity contribution in [3.8, 4) is 0 Å². The molecule has 98 valence electrons. The molecule has 1 heterocycles. The number of likely N-dealkylation sites (tertiary alicyclic amines) is 1. The first kappa shape index (κ1) is 12.9. The molecule has 1 aromatic carbocycles. The molecule has 1 aromatic rings. The van der Waals surface area contributed by atoms with E-state index >= 15 is 0 Å². The molecule has 1 aliphatic rings. The summed E-state index contributed by atoms with van der Waals surface area (Å²) in [4.78, 5) is 14.6. The average Bonchev–Trinajstić information content (AvgIpc) is 2.40. The smallest absolute Gasteiger partial charge is 0.254 e. The summed E-state index contributed by atoms with van der Waals surface area (Å²) in [5, 5.41) is 0. The number of amides is 1. The number of nitrogens with two attached hydrogens (primary N) is 1. The highest BCUT2D eigenvalue weighted by atomic mass is 16.2. The second-order valence-corrected chi connectivity index (χ2v) is 5.13. The third kappa shape index (κ3) is 2.50. The number of anilines is 1. The molecule has 0 aliphatic carbocycles. The summed E-state index contributed by atoms with van der Waals surface area (Å²) in [5.41, 5.74) is 8.22. The molecule has 18 heavy (non-hydrogen) atoms. The van der Waals surface area contributed by atoms with Gasteiger partial charge >= 0.3 is 0 Å². The molecule has 1 atom stereocenters. The lowest BCUT2D eigenvalue weighted by Crippen LogP contribution is -2.43. The molecule has 0 spiro atoms. The van der Waals surface area contributed by atoms with Gasteiger partial charge in [-0.1, -0.05) is 13.0 Å². The minimum absolute atomic E-state index is 0.145. The fourth-order valence-electron chi connectivity index (χ4n) is 2.72. The molecular weight excluding hydrogens is 224 g/mol. The van der Waals surface area contributed by atoms with Gasteiger partial charge in [-0.25, -0.2) is 0 Å². The van der Waals surface area contributed by atoms with Gasteiger partial charge in [-0.3, -0.25) is 4.79 Å². The van der Waals surface area contributed by atoms with Crippen LogP contribution in [0.5, 0.6) is 0 Å². The molecule has 0 saturated carbocycles. The molecule has 1 unspecified atom stereocenters. The Balaban J connectivity index is 2.26. The third-order valence-corrected chi connectivity index (χ3v) is 3.85. The number of hydrogen-bond donors (Lipinski definition) is 1. The summed E-state index contributed by atoms with van der Waals surface area (Å²) in [6, 6.07) is 5.97. The number of benzene rings is 1. The Hall–Kier alpha value is -1.51. The number of nitrogens with zero attached hydrogens (tertiary/aromatic N) is 1. The Kier molecular flexibility index (Phi) is 3.90. The van der Waals surface area contributed by atoms with E-state index in [2.05, 4.69) is 6.92 Å². The van der Waals surface area contributed by atoms with Gasteiger partial charge in [-0.2, -0.15) is 0 Å². The van der Waals surface area contributed by atoms with E-state index in [1.54, 1.807) is 6.07 Å². The molecule has 1 saturated heterocycles. The highest BCUT2D eigenvalue weighted by molar-refractivity contribution is 5.96. The number of rotatable bonds is 2. The van der Waals surface area contributed by atoms with Crippen molar-refractivity contribution in [1.82, 2.24) is 4.90 Å². The average molecular weight is 246 g/mol. The summed E-state index contributed by atoms with van der Waals surface area (Å²) >= 11 is 0. The molecule has 3 heteroatoms. The molecule has 1 amide bonds. The summed E-state index contributed by atoms with van der Waals surface area (Å²) in [5.74, 6) is 0.145. The zero-order valence-corrected chi connectivity index (χ0v) is 11.3. The van der Waals surface area contributed by atoms with Gasteiger partial charge in [-0.05, 0) is 50.3 Å². The first-order chi connectivity index (χ1) is 8.63. The van der Waals surface area contributed by atoms with Crippen LogP contribution in [0.1, 0.15) is 48.5 Å². The van der Waals surface area contributed by atoms with Crippen molar-refractivity contribution in [3.05, 3.63) is 29.3 Å². The van der Waals surface area contributed by atoms with E-state index in [4.69, 9.17) is 5.73 Å². The second-order valence-electron chi connectivity index (χ2n) is 5.13. The van der Waals surface area contributed by atoms with Crippen molar-refractivity contribution in [1.29, 1.82) is 0 Å². The van der Waals surface area contributed by atoms with E-state index in [0.29, 0.717) is 11.7 Å². The summed E-state index contributed by atoms with van der Waals surface area (Å²) in [7, 11) is 0. The topological polar surface area (TPSA) is 46.3 Å². The number of aryl methyl sites for hydroxylation is 1. The Morgan fingerprint density at radius 1 is 1.44 bits per heavy atom. The van der Waals surface area contributed by atoms with Gasteiger partial charge in [0.05, 0.1) is 0 Å². The SMILES string of the molecule is CCC1CCCCN1C(=O)c1cc(N)ccc1C. The van der Waals surface area contributed by atoms with E-state index in [1.807, 2.05) is 24.0 Å². The van der Waals surface area contributed by atoms with Gasteiger partial charge in [0.1, 0.15) is 0 Å². The third-order valence-electron chi connectivity index (χ3n) is 3.85. The Morgan fingerprint density at radius 3 is 2.94 bits per heavy atom. The Labute approximate surface area is 109 Å². The van der Waals surface area contributed by atoms with Gasteiger partial charge in [0.25, 0.3) is 5.91 Å². The van der Waals surface area contributed by atoms with Crippen LogP contribution in [-0.4, -0.2) is 23.4 Å². The van der Waals surface area contributed by atoms with Crippen molar-refractivity contribution in [2.45, 2.75) is 45.6 Å². The predicted octanol–water partition coefficient (Wildman–Crippen LogP) is 2.98. The lowest BCUT2D eigenvalue weighted by molar-refractivity contribution is 0.0607. The molecule has 1 fully saturated rings. The standard InChI is InChI=1S/C15H22N2O/c1-3-13-6-4-5-9-17(13)15(18)14-10-12(16)8-7-11(14)2/h7-8,10,13H,3-6,9,16H2,1-2H3. The van der Waals surface area contributed by atoms with Gasteiger partial charge in [-0.15, -0.1) is 0 Å². The number of nitrogen functional groups attached to an aromatic ring is 1. The fraction of sp³-hybridized carbons (Fsp3) is 0.533. The molecule has 2 N–H and O–H groups in total. The molecule has 0 bridgehead atoms. The second kappa shape index (κ2) is 5.42. The fourth-order valence-corrected chi connectivity index (χ4v) is 2.72. The zero-order chi connectivity index (χ0) is 13.1. The van der Waals surface area contributed by atoms with Crippen molar-refractivity contribution < 1.29 is 4.79 Å². The zero-order valence-electron chi connectivity index (χ0n) is 11.3. The van der Waals surface area contributed by atoms with E-state index in [-0.39, 0.29) is 5.91 Å². The van der Waals surface area contributed by atoms with E-state index in [0.717, 1.165) is 36.9 Å². The van der Waals surface area contributed by atoms with Crippen LogP contribution in [0.25, 0.3) is 0 Å². The van der Waals surface area contributed by atoms with Crippen molar-refractivity contribution in [3.63, 3.8) is 0 Å². The van der Waals surface area contributed by atoms with E-state index < -0.39 is 0 Å². The van der Waals surface area contributed by atoms with Crippen LogP contribution in [0, 0.1) is 6.92 Å². The maximum atomic E-state index is 12.6. The van der Waals surface area contributed by atoms with Crippen molar-refractivity contribution in [2.75, 3.05) is 12.3 Å². The molecule has 0 radical (unpaired) electrons. The first-order valence-electron chi connectivity index (χ1n) is 6.80. The minimum atomic E-state index is 0.145. The summed E-state index contributed by atoms with van der Waals surface area (Å²) < 4.78 is 0. The number of carbonyl (C=O) groups is 1. The highest BCUT2D eigenvalue weighted by Crippen LogP contribution is 2.23. The monoisotopic (exact) mass is 246 g/mol. The normalized spacial score (nSPS) is 19.9. The molecule has 0 aromatic heterocycles. The van der Waals surface area contributed by atoms with Crippen LogP contribution in [-0.2, 0) is 0 Å². The van der Waals surface area contributed by atoms with Crippen LogP contribution < -0.4 is 5.73 Å². The van der Waals surface area contributed by atoms with Crippen LogP contribution in [0.4, 0.5) is 5.69 Å². The van der Waals surface area contributed by atoms with Crippen LogP contribution in [0.3, 0.4) is 0 Å². The Bertz CT molecular complexity index is 442. The predicted molar refractivity (Wildman–Crippen MR) is 74.6 cm³/mol. The number of carbonyl (C=O) groups excluding carboxylic acids is 1. The van der Waals surface area contributed by atoms with Gasteiger partial charge < -0.3 is 10.6 Å². The molecule has 1 aliphatic heterocycles. The van der Waals surface area contributed by atoms with Crippen LogP contribution >= 0.6 is 0 Å². The lowest BCUT2D eigenvalue weighted by Gasteiger charge is -2.35. The maximum Gasteiger partial charge on any atom is 0.254 e. The van der Waals surface area contributed by atoms with Crippen LogP contribution in [0.15, 0.2) is 18.2 Å². The number of piperidine rings is 1. The van der Waals surface area contributed by atoms with Crippen molar-refractivity contribution >= 4 is 11.6 Å². The molecule has 2 rings (SSSR count). The summed E-state index contributed by atoms with van der Waals surface area (Å²) in [6.07, 6.45) is 4.51. The largest absolute Gasteiger partial charge is 0.399 e. The maximum absolute atomic E-state index is 12.6. The van der Waals surface area contributed by atoms with Crippen molar-refractivity contribution in [2.24, 2.45) is 0 Å². The van der Waals surface area contributed by atoms with E-state index in [1.165, 1.54) is 6.42 Å². The first-order valence-corrected chi connectivity index (χ1v) is 6.80. The highest BCUT2D eigenvalue weighted by Gasteiger charge is 2.26. The van der Waals surface area contributed by atoms with E-state index in [9.17, 15) is 4.79 Å².